The number of aryl methyl sites for hydroxylation is 2. The monoisotopic (exact) mass is 411 g/mol. The smallest absolute Gasteiger partial charge is 0.243 e. The SMILES string of the molecule is O=C(Cc1ccc(Cl)cc1)NNC(=O)C1CC(=O)N(c2ccc3c(c2)CCC3)C1. The van der Waals surface area contributed by atoms with Crippen molar-refractivity contribution in [2.75, 3.05) is 11.4 Å². The topological polar surface area (TPSA) is 78.5 Å². The highest BCUT2D eigenvalue weighted by Gasteiger charge is 2.35. The Morgan fingerprint density at radius 2 is 1.79 bits per heavy atom. The fraction of sp³-hybridized carbons (Fsp3) is 0.318. The summed E-state index contributed by atoms with van der Waals surface area (Å²) in [5.41, 5.74) is 9.14. The Balaban J connectivity index is 1.31. The summed E-state index contributed by atoms with van der Waals surface area (Å²) < 4.78 is 0. The van der Waals surface area contributed by atoms with Crippen molar-refractivity contribution in [1.29, 1.82) is 0 Å². The summed E-state index contributed by atoms with van der Waals surface area (Å²) in [4.78, 5) is 38.6. The molecule has 1 heterocycles. The van der Waals surface area contributed by atoms with Crippen LogP contribution in [0.25, 0.3) is 0 Å². The first-order valence-electron chi connectivity index (χ1n) is 9.75. The van der Waals surface area contributed by atoms with Gasteiger partial charge >= 0.3 is 0 Å². The lowest BCUT2D eigenvalue weighted by Crippen LogP contribution is -2.45. The van der Waals surface area contributed by atoms with E-state index in [0.29, 0.717) is 11.6 Å². The molecule has 2 aromatic rings. The summed E-state index contributed by atoms with van der Waals surface area (Å²) in [6.07, 6.45) is 3.53. The summed E-state index contributed by atoms with van der Waals surface area (Å²) in [5.74, 6) is -1.26. The van der Waals surface area contributed by atoms with Gasteiger partial charge in [-0.1, -0.05) is 29.8 Å². The molecule has 0 saturated carbocycles. The van der Waals surface area contributed by atoms with E-state index < -0.39 is 5.92 Å². The van der Waals surface area contributed by atoms with Crippen molar-refractivity contribution in [1.82, 2.24) is 10.9 Å². The van der Waals surface area contributed by atoms with Crippen LogP contribution < -0.4 is 15.8 Å². The lowest BCUT2D eigenvalue weighted by molar-refractivity contribution is -0.131. The zero-order valence-corrected chi connectivity index (χ0v) is 16.7. The van der Waals surface area contributed by atoms with Crippen LogP contribution in [-0.4, -0.2) is 24.3 Å². The zero-order chi connectivity index (χ0) is 20.4. The largest absolute Gasteiger partial charge is 0.312 e. The second-order valence-corrected chi connectivity index (χ2v) is 7.99. The molecule has 3 amide bonds. The summed E-state index contributed by atoms with van der Waals surface area (Å²) in [7, 11) is 0. The van der Waals surface area contributed by atoms with E-state index in [-0.39, 0.29) is 30.6 Å². The Kier molecular flexibility index (Phi) is 5.53. The predicted molar refractivity (Wildman–Crippen MR) is 110 cm³/mol. The number of anilines is 1. The van der Waals surface area contributed by atoms with E-state index in [1.165, 1.54) is 11.1 Å². The van der Waals surface area contributed by atoms with E-state index in [1.807, 2.05) is 6.07 Å². The third-order valence-corrected chi connectivity index (χ3v) is 5.74. The molecule has 1 fully saturated rings. The first kappa shape index (κ1) is 19.5. The van der Waals surface area contributed by atoms with E-state index in [9.17, 15) is 14.4 Å². The van der Waals surface area contributed by atoms with Crippen LogP contribution in [0.1, 0.15) is 29.5 Å². The third kappa shape index (κ3) is 4.43. The molecular weight excluding hydrogens is 390 g/mol. The van der Waals surface area contributed by atoms with Crippen LogP contribution in [-0.2, 0) is 33.6 Å². The van der Waals surface area contributed by atoms with Crippen molar-refractivity contribution >= 4 is 35.0 Å². The second kappa shape index (κ2) is 8.25. The van der Waals surface area contributed by atoms with Crippen LogP contribution >= 0.6 is 11.6 Å². The number of nitrogens with zero attached hydrogens (tertiary/aromatic N) is 1. The standard InChI is InChI=1S/C22H22ClN3O3/c23-18-7-4-14(5-8-18)10-20(27)24-25-22(29)17-12-21(28)26(13-17)19-9-6-15-2-1-3-16(15)11-19/h4-9,11,17H,1-3,10,12-13H2,(H,24,27)(H,25,29). The van der Waals surface area contributed by atoms with Gasteiger partial charge in [0.1, 0.15) is 0 Å². The highest BCUT2D eigenvalue weighted by Crippen LogP contribution is 2.30. The molecule has 1 saturated heterocycles. The van der Waals surface area contributed by atoms with Crippen LogP contribution in [0.3, 0.4) is 0 Å². The van der Waals surface area contributed by atoms with Crippen molar-refractivity contribution in [2.45, 2.75) is 32.1 Å². The number of hydrazine groups is 1. The Hall–Kier alpha value is -2.86. The molecule has 0 radical (unpaired) electrons. The lowest BCUT2D eigenvalue weighted by atomic mass is 10.1. The van der Waals surface area contributed by atoms with Gasteiger partial charge in [-0.2, -0.15) is 0 Å². The van der Waals surface area contributed by atoms with E-state index in [4.69, 9.17) is 11.6 Å². The van der Waals surface area contributed by atoms with Gasteiger partial charge in [0.15, 0.2) is 0 Å². The Morgan fingerprint density at radius 1 is 1.03 bits per heavy atom. The maximum absolute atomic E-state index is 12.4. The number of benzene rings is 2. The minimum Gasteiger partial charge on any atom is -0.312 e. The number of hydrogen-bond donors (Lipinski definition) is 2. The molecule has 0 spiro atoms. The van der Waals surface area contributed by atoms with Crippen molar-refractivity contribution in [3.63, 3.8) is 0 Å². The molecule has 1 atom stereocenters. The van der Waals surface area contributed by atoms with Crippen molar-refractivity contribution in [3.8, 4) is 0 Å². The minimum atomic E-state index is -0.494. The van der Waals surface area contributed by atoms with Crippen LogP contribution in [0.2, 0.25) is 5.02 Å². The molecule has 7 heteroatoms. The fourth-order valence-corrected chi connectivity index (χ4v) is 4.05. The number of hydrogen-bond acceptors (Lipinski definition) is 3. The Morgan fingerprint density at radius 3 is 2.59 bits per heavy atom. The summed E-state index contributed by atoms with van der Waals surface area (Å²) in [6.45, 7) is 0.316. The van der Waals surface area contributed by atoms with Crippen molar-refractivity contribution in [3.05, 3.63) is 64.2 Å². The number of halogens is 1. The van der Waals surface area contributed by atoms with Gasteiger partial charge in [-0.25, -0.2) is 0 Å². The second-order valence-electron chi connectivity index (χ2n) is 7.55. The van der Waals surface area contributed by atoms with Gasteiger partial charge < -0.3 is 4.90 Å². The van der Waals surface area contributed by atoms with Gasteiger partial charge in [-0.05, 0) is 60.2 Å². The Bertz CT molecular complexity index is 958. The zero-order valence-electron chi connectivity index (χ0n) is 15.9. The van der Waals surface area contributed by atoms with Gasteiger partial charge in [0.25, 0.3) is 0 Å². The highest BCUT2D eigenvalue weighted by atomic mass is 35.5. The first-order chi connectivity index (χ1) is 14.0. The van der Waals surface area contributed by atoms with Gasteiger partial charge in [0, 0.05) is 23.7 Å². The van der Waals surface area contributed by atoms with Gasteiger partial charge in [0.2, 0.25) is 17.7 Å². The molecule has 2 aliphatic rings. The molecule has 150 valence electrons. The lowest BCUT2D eigenvalue weighted by Gasteiger charge is -2.18. The van der Waals surface area contributed by atoms with Crippen LogP contribution in [0, 0.1) is 5.92 Å². The molecule has 1 unspecified atom stereocenters. The maximum atomic E-state index is 12.4. The highest BCUT2D eigenvalue weighted by molar-refractivity contribution is 6.30. The van der Waals surface area contributed by atoms with E-state index in [0.717, 1.165) is 30.5 Å². The van der Waals surface area contributed by atoms with Gasteiger partial charge in [-0.15, -0.1) is 0 Å². The summed E-state index contributed by atoms with van der Waals surface area (Å²) >= 11 is 5.83. The predicted octanol–water partition coefficient (Wildman–Crippen LogP) is 2.57. The quantitative estimate of drug-likeness (QED) is 0.759. The third-order valence-electron chi connectivity index (χ3n) is 5.49. The summed E-state index contributed by atoms with van der Waals surface area (Å²) in [6, 6.07) is 13.0. The molecule has 1 aliphatic heterocycles. The number of fused-ring (bicyclic) bond motifs is 1. The number of carbonyl (C=O) groups excluding carboxylic acids is 3. The van der Waals surface area contributed by atoms with Gasteiger partial charge in [-0.3, -0.25) is 25.2 Å². The average Bonchev–Trinajstić information content (AvgIpc) is 3.33. The normalized spacial score (nSPS) is 17.9. The number of nitrogens with one attached hydrogen (secondary N) is 2. The number of rotatable bonds is 4. The molecule has 4 rings (SSSR count). The molecule has 0 bridgehead atoms. The van der Waals surface area contributed by atoms with E-state index in [2.05, 4.69) is 23.0 Å². The Labute approximate surface area is 174 Å². The molecule has 2 N–H and O–H groups in total. The van der Waals surface area contributed by atoms with Crippen molar-refractivity contribution < 1.29 is 14.4 Å². The van der Waals surface area contributed by atoms with Crippen LogP contribution in [0.4, 0.5) is 5.69 Å². The fourth-order valence-electron chi connectivity index (χ4n) is 3.92. The van der Waals surface area contributed by atoms with Crippen molar-refractivity contribution in [2.24, 2.45) is 5.92 Å². The molecule has 0 aromatic heterocycles. The first-order valence-corrected chi connectivity index (χ1v) is 10.1. The van der Waals surface area contributed by atoms with Gasteiger partial charge in [0.05, 0.1) is 12.3 Å². The molecule has 2 aromatic carbocycles. The molecule has 6 nitrogen and oxygen atoms in total. The average molecular weight is 412 g/mol. The minimum absolute atomic E-state index is 0.0735. The summed E-state index contributed by atoms with van der Waals surface area (Å²) in [5, 5.41) is 0.598. The van der Waals surface area contributed by atoms with Crippen LogP contribution in [0.15, 0.2) is 42.5 Å². The maximum Gasteiger partial charge on any atom is 0.243 e. The molecule has 29 heavy (non-hydrogen) atoms. The number of amides is 3. The molecule has 1 aliphatic carbocycles. The molecular formula is C22H22ClN3O3. The van der Waals surface area contributed by atoms with E-state index in [1.54, 1.807) is 29.2 Å². The number of carbonyl (C=O) groups is 3. The van der Waals surface area contributed by atoms with E-state index >= 15 is 0 Å². The van der Waals surface area contributed by atoms with Crippen LogP contribution in [0.5, 0.6) is 0 Å².